The Morgan fingerprint density at radius 3 is 0.865 bits per heavy atom. The summed E-state index contributed by atoms with van der Waals surface area (Å²) in [7, 11) is 0. The summed E-state index contributed by atoms with van der Waals surface area (Å²) in [6.45, 7) is 4.62. The van der Waals surface area contributed by atoms with Crippen LogP contribution in [0, 0.1) is 0 Å². The maximum atomic E-state index is 2.49. The number of hydrogen-bond acceptors (Lipinski definition) is 0. The number of unbranched alkanes of at least 4 members (excludes halogenated alkanes) is 26. The Balaban J connectivity index is 1.06. The molecule has 2 bridgehead atoms. The molecular formula is C52H78. The lowest BCUT2D eigenvalue weighted by atomic mass is 9.59. The summed E-state index contributed by atoms with van der Waals surface area (Å²) in [6, 6.07) is 24.2. The van der Waals surface area contributed by atoms with E-state index in [2.05, 4.69) is 74.5 Å². The van der Waals surface area contributed by atoms with Gasteiger partial charge in [0.25, 0.3) is 0 Å². The fourth-order valence-electron chi connectivity index (χ4n) is 9.92. The second-order valence-corrected chi connectivity index (χ2v) is 17.0. The van der Waals surface area contributed by atoms with E-state index in [0.717, 1.165) is 0 Å². The summed E-state index contributed by atoms with van der Waals surface area (Å²) in [5.41, 5.74) is 13.0. The summed E-state index contributed by atoms with van der Waals surface area (Å²) in [4.78, 5) is 0. The van der Waals surface area contributed by atoms with Crippen molar-refractivity contribution in [3.63, 3.8) is 0 Å². The first-order valence-electron chi connectivity index (χ1n) is 23.2. The molecule has 0 aromatic heterocycles. The average Bonchev–Trinajstić information content (AvgIpc) is 3.18. The molecule has 0 spiro atoms. The first-order valence-corrected chi connectivity index (χ1v) is 23.2. The zero-order chi connectivity index (χ0) is 36.1. The van der Waals surface area contributed by atoms with Gasteiger partial charge in [-0.25, -0.2) is 0 Å². The fraction of sp³-hybridized carbons (Fsp3) is 0.654. The molecule has 2 atom stereocenters. The lowest BCUT2D eigenvalue weighted by Crippen LogP contribution is -2.29. The second kappa shape index (κ2) is 24.1. The molecule has 286 valence electrons. The summed E-state index contributed by atoms with van der Waals surface area (Å²) in [5.74, 6) is 0.815. The third-order valence-electron chi connectivity index (χ3n) is 12.9. The molecule has 0 heteroatoms. The Morgan fingerprint density at radius 1 is 0.288 bits per heavy atom. The van der Waals surface area contributed by atoms with Crippen LogP contribution in [0.5, 0.6) is 0 Å². The van der Waals surface area contributed by atoms with Crippen LogP contribution in [0.4, 0.5) is 0 Å². The van der Waals surface area contributed by atoms with Gasteiger partial charge in [-0.15, -0.1) is 0 Å². The van der Waals surface area contributed by atoms with Gasteiger partial charge in [-0.05, 0) is 70.2 Å². The number of rotatable bonds is 30. The van der Waals surface area contributed by atoms with Crippen LogP contribution in [0.15, 0.2) is 60.7 Å². The first-order chi connectivity index (χ1) is 25.8. The number of aryl methyl sites for hydroxylation is 2. The van der Waals surface area contributed by atoms with E-state index in [-0.39, 0.29) is 0 Å². The minimum atomic E-state index is 0.408. The highest BCUT2D eigenvalue weighted by molar-refractivity contribution is 5.70. The predicted molar refractivity (Wildman–Crippen MR) is 229 cm³/mol. The summed E-state index contributed by atoms with van der Waals surface area (Å²) in [6.07, 6.45) is 42.4. The predicted octanol–water partition coefficient (Wildman–Crippen LogP) is 16.7. The van der Waals surface area contributed by atoms with Crippen LogP contribution in [0.2, 0.25) is 0 Å². The van der Waals surface area contributed by atoms with Gasteiger partial charge in [-0.3, -0.25) is 0 Å². The van der Waals surface area contributed by atoms with Gasteiger partial charge in [0.05, 0.1) is 0 Å². The maximum Gasteiger partial charge on any atom is 0.0352 e. The van der Waals surface area contributed by atoms with Crippen molar-refractivity contribution in [2.75, 3.05) is 0 Å². The van der Waals surface area contributed by atoms with Gasteiger partial charge in [-0.2, -0.15) is 0 Å². The zero-order valence-electron chi connectivity index (χ0n) is 34.1. The third kappa shape index (κ3) is 12.1. The molecule has 3 aliphatic carbocycles. The van der Waals surface area contributed by atoms with Gasteiger partial charge in [0.2, 0.25) is 0 Å². The van der Waals surface area contributed by atoms with Crippen molar-refractivity contribution in [1.29, 1.82) is 0 Å². The molecule has 6 rings (SSSR count). The van der Waals surface area contributed by atoms with Crippen LogP contribution in [0.3, 0.4) is 0 Å². The van der Waals surface area contributed by atoms with Crippen molar-refractivity contribution in [1.82, 2.24) is 0 Å². The van der Waals surface area contributed by atoms with Crippen LogP contribution in [0.25, 0.3) is 0 Å². The molecule has 0 saturated heterocycles. The number of hydrogen-bond donors (Lipinski definition) is 0. The molecule has 0 amide bonds. The highest BCUT2D eigenvalue weighted by Crippen LogP contribution is 2.57. The second-order valence-electron chi connectivity index (χ2n) is 17.0. The van der Waals surface area contributed by atoms with Crippen LogP contribution in [0.1, 0.15) is 250 Å². The average molecular weight is 703 g/mol. The Morgan fingerprint density at radius 2 is 0.558 bits per heavy atom. The molecule has 0 heterocycles. The highest BCUT2D eigenvalue weighted by atomic mass is 14.5. The van der Waals surface area contributed by atoms with E-state index in [0.29, 0.717) is 11.8 Å². The molecule has 52 heavy (non-hydrogen) atoms. The third-order valence-corrected chi connectivity index (χ3v) is 12.9. The van der Waals surface area contributed by atoms with E-state index in [9.17, 15) is 0 Å². The molecule has 0 nitrogen and oxygen atoms in total. The van der Waals surface area contributed by atoms with E-state index in [1.54, 1.807) is 44.5 Å². The standard InChI is InChI=1S/C52H78/c1-3-5-7-9-11-13-15-17-19-21-23-25-27-29-35-43-37-33-41-47-49(43)51-45-39-31-32-40-46(45)52(47)50-44(38-34-42-48(50)51)36-30-28-26-24-22-20-18-16-14-12-10-8-6-4-2/h31-34,37-42,51-52H,3-30,35-36H2,1-2H3. The quantitative estimate of drug-likeness (QED) is 0.0418. The molecule has 0 saturated carbocycles. The van der Waals surface area contributed by atoms with Crippen molar-refractivity contribution < 1.29 is 0 Å². The molecule has 0 aliphatic heterocycles. The smallest absolute Gasteiger partial charge is 0.0352 e. The Kier molecular flexibility index (Phi) is 19.0. The highest BCUT2D eigenvalue weighted by Gasteiger charge is 2.42. The van der Waals surface area contributed by atoms with E-state index in [4.69, 9.17) is 0 Å². The van der Waals surface area contributed by atoms with E-state index in [1.165, 1.54) is 193 Å². The summed E-state index contributed by atoms with van der Waals surface area (Å²) < 4.78 is 0. The van der Waals surface area contributed by atoms with Gasteiger partial charge in [0.1, 0.15) is 0 Å². The Hall–Kier alpha value is -2.34. The van der Waals surface area contributed by atoms with Gasteiger partial charge in [0, 0.05) is 11.8 Å². The SMILES string of the molecule is CCCCCCCCCCCCCCCCc1cccc2c1C1c3ccccc3C2c2c(CCCCCCCCCCCCCCCC)cccc21. The van der Waals surface area contributed by atoms with E-state index >= 15 is 0 Å². The van der Waals surface area contributed by atoms with Crippen molar-refractivity contribution in [2.24, 2.45) is 0 Å². The summed E-state index contributed by atoms with van der Waals surface area (Å²) in [5, 5.41) is 0. The van der Waals surface area contributed by atoms with Crippen molar-refractivity contribution in [3.05, 3.63) is 105 Å². The van der Waals surface area contributed by atoms with Crippen LogP contribution in [-0.2, 0) is 12.8 Å². The lowest BCUT2D eigenvalue weighted by Gasteiger charge is -2.44. The molecule has 3 aromatic carbocycles. The van der Waals surface area contributed by atoms with Crippen molar-refractivity contribution in [2.45, 2.75) is 218 Å². The largest absolute Gasteiger partial charge is 0.0654 e. The first kappa shape index (κ1) is 40.8. The zero-order valence-corrected chi connectivity index (χ0v) is 34.1. The maximum absolute atomic E-state index is 2.49. The summed E-state index contributed by atoms with van der Waals surface area (Å²) >= 11 is 0. The Labute approximate surface area is 322 Å². The van der Waals surface area contributed by atoms with Gasteiger partial charge in [-0.1, -0.05) is 241 Å². The van der Waals surface area contributed by atoms with E-state index in [1.807, 2.05) is 0 Å². The van der Waals surface area contributed by atoms with Gasteiger partial charge >= 0.3 is 0 Å². The fourth-order valence-corrected chi connectivity index (χ4v) is 9.92. The topological polar surface area (TPSA) is 0 Å². The molecule has 3 aliphatic rings. The number of benzene rings is 3. The van der Waals surface area contributed by atoms with Gasteiger partial charge in [0.15, 0.2) is 0 Å². The van der Waals surface area contributed by atoms with E-state index < -0.39 is 0 Å². The Bertz CT molecular complexity index is 1290. The van der Waals surface area contributed by atoms with Crippen molar-refractivity contribution in [3.8, 4) is 0 Å². The minimum absolute atomic E-state index is 0.408. The van der Waals surface area contributed by atoms with Crippen molar-refractivity contribution >= 4 is 0 Å². The van der Waals surface area contributed by atoms with Crippen LogP contribution >= 0.6 is 0 Å². The van der Waals surface area contributed by atoms with Crippen LogP contribution < -0.4 is 0 Å². The molecule has 0 radical (unpaired) electrons. The minimum Gasteiger partial charge on any atom is -0.0654 e. The molecule has 0 N–H and O–H groups in total. The molecule has 0 fully saturated rings. The van der Waals surface area contributed by atoms with Crippen LogP contribution in [-0.4, -0.2) is 0 Å². The lowest BCUT2D eigenvalue weighted by molar-refractivity contribution is 0.535. The molecule has 2 unspecified atom stereocenters. The molecular weight excluding hydrogens is 625 g/mol. The van der Waals surface area contributed by atoms with Gasteiger partial charge < -0.3 is 0 Å². The molecule has 3 aromatic rings. The monoisotopic (exact) mass is 703 g/mol. The normalized spacial score (nSPS) is 15.5.